The van der Waals surface area contributed by atoms with Gasteiger partial charge in [0.05, 0.1) is 12.1 Å². The summed E-state index contributed by atoms with van der Waals surface area (Å²) in [4.78, 5) is 2.89. The van der Waals surface area contributed by atoms with Gasteiger partial charge < -0.3 is 4.74 Å². The van der Waals surface area contributed by atoms with Crippen molar-refractivity contribution in [2.24, 2.45) is 17.0 Å². The van der Waals surface area contributed by atoms with E-state index < -0.39 is 0 Å². The maximum absolute atomic E-state index is 8.46. The van der Waals surface area contributed by atoms with Crippen LogP contribution in [0, 0.1) is 11.8 Å². The summed E-state index contributed by atoms with van der Waals surface area (Å²) in [7, 11) is 0. The molecule has 0 aromatic heterocycles. The predicted octanol–water partition coefficient (Wildman–Crippen LogP) is 3.51. The van der Waals surface area contributed by atoms with E-state index in [-0.39, 0.29) is 10.2 Å². The number of azide groups is 1. The number of rotatable bonds is 2. The Balaban J connectivity index is 2.78. The number of hydrogen-bond donors (Lipinski definition) is 0. The van der Waals surface area contributed by atoms with Crippen molar-refractivity contribution in [2.75, 3.05) is 0 Å². The summed E-state index contributed by atoms with van der Waals surface area (Å²) in [6.45, 7) is 6.44. The lowest BCUT2D eigenvalue weighted by molar-refractivity contribution is -0.0680. The van der Waals surface area contributed by atoms with Gasteiger partial charge in [-0.25, -0.2) is 0 Å². The van der Waals surface area contributed by atoms with Crippen molar-refractivity contribution in [3.8, 4) is 0 Å². The summed E-state index contributed by atoms with van der Waals surface area (Å²) in [6.07, 6.45) is 1.32. The van der Waals surface area contributed by atoms with Crippen molar-refractivity contribution in [3.63, 3.8) is 0 Å². The van der Waals surface area contributed by atoms with E-state index in [4.69, 9.17) is 10.3 Å². The van der Waals surface area contributed by atoms with Gasteiger partial charge in [0.1, 0.15) is 4.11 Å². The van der Waals surface area contributed by atoms with Crippen molar-refractivity contribution in [2.45, 2.75) is 43.4 Å². The third-order valence-electron chi connectivity index (χ3n) is 3.12. The molecule has 0 bridgehead atoms. The molecule has 0 saturated carbocycles. The van der Waals surface area contributed by atoms with Crippen LogP contribution in [-0.4, -0.2) is 16.3 Å². The largest absolute Gasteiger partial charge is 0.364 e. The van der Waals surface area contributed by atoms with Crippen LogP contribution in [0.4, 0.5) is 0 Å². The van der Waals surface area contributed by atoms with Gasteiger partial charge in [0.2, 0.25) is 0 Å². The molecule has 1 aliphatic rings. The van der Waals surface area contributed by atoms with Crippen LogP contribution < -0.4 is 0 Å². The van der Waals surface area contributed by atoms with Gasteiger partial charge in [-0.05, 0) is 23.8 Å². The van der Waals surface area contributed by atoms with E-state index in [1.807, 2.05) is 0 Å². The van der Waals surface area contributed by atoms with E-state index in [0.29, 0.717) is 17.9 Å². The minimum atomic E-state index is -0.0293. The van der Waals surface area contributed by atoms with Gasteiger partial charge in [0.25, 0.3) is 0 Å². The Hall–Kier alpha value is -0.0000000000000000555. The Labute approximate surface area is 98.2 Å². The molecule has 1 fully saturated rings. The highest BCUT2D eigenvalue weighted by molar-refractivity contribution is 14.1. The zero-order valence-corrected chi connectivity index (χ0v) is 10.9. The van der Waals surface area contributed by atoms with Gasteiger partial charge in [0.15, 0.2) is 0 Å². The lowest BCUT2D eigenvalue weighted by Gasteiger charge is -2.40. The van der Waals surface area contributed by atoms with E-state index in [2.05, 4.69) is 53.4 Å². The molecule has 1 saturated heterocycles. The van der Waals surface area contributed by atoms with Crippen molar-refractivity contribution in [1.29, 1.82) is 0 Å². The monoisotopic (exact) mass is 309 g/mol. The highest BCUT2D eigenvalue weighted by atomic mass is 127. The third kappa shape index (κ3) is 2.32. The highest BCUT2D eigenvalue weighted by Gasteiger charge is 2.38. The van der Waals surface area contributed by atoms with Crippen LogP contribution in [0.2, 0.25) is 0 Å². The first-order valence-corrected chi connectivity index (χ1v) is 6.20. The Morgan fingerprint density at radius 2 is 2.07 bits per heavy atom. The van der Waals surface area contributed by atoms with E-state index >= 15 is 0 Å². The van der Waals surface area contributed by atoms with E-state index in [1.165, 1.54) is 0 Å². The normalized spacial score (nSPS) is 43.0. The van der Waals surface area contributed by atoms with Gasteiger partial charge in [-0.15, -0.1) is 0 Å². The fourth-order valence-electron chi connectivity index (χ4n) is 1.94. The topological polar surface area (TPSA) is 58.0 Å². The first kappa shape index (κ1) is 12.1. The summed E-state index contributed by atoms with van der Waals surface area (Å²) in [5.41, 5.74) is 8.46. The Morgan fingerprint density at radius 1 is 1.43 bits per heavy atom. The van der Waals surface area contributed by atoms with Gasteiger partial charge in [-0.2, -0.15) is 0 Å². The van der Waals surface area contributed by atoms with Crippen molar-refractivity contribution in [1.82, 2.24) is 0 Å². The smallest absolute Gasteiger partial charge is 0.117 e. The Bertz CT molecular complexity index is 242. The van der Waals surface area contributed by atoms with Gasteiger partial charge in [-0.1, -0.05) is 48.5 Å². The maximum atomic E-state index is 8.46. The molecule has 80 valence electrons. The molecule has 5 atom stereocenters. The number of alkyl halides is 1. The molecule has 0 aliphatic carbocycles. The summed E-state index contributed by atoms with van der Waals surface area (Å²) in [5, 5.41) is 3.81. The molecule has 2 unspecified atom stereocenters. The van der Waals surface area contributed by atoms with Crippen LogP contribution in [0.15, 0.2) is 5.11 Å². The van der Waals surface area contributed by atoms with Crippen LogP contribution in [0.5, 0.6) is 0 Å². The number of halogens is 1. The Morgan fingerprint density at radius 3 is 2.57 bits per heavy atom. The molecule has 1 rings (SSSR count). The maximum Gasteiger partial charge on any atom is 0.117 e. The molecule has 0 amide bonds. The molecule has 0 spiro atoms. The fraction of sp³-hybridized carbons (Fsp3) is 1.00. The average Bonchev–Trinajstić information content (AvgIpc) is 2.18. The van der Waals surface area contributed by atoms with Gasteiger partial charge >= 0.3 is 0 Å². The first-order valence-electron chi connectivity index (χ1n) is 4.95. The average molecular weight is 309 g/mol. The molecule has 14 heavy (non-hydrogen) atoms. The molecule has 0 aromatic carbocycles. The fourth-order valence-corrected chi connectivity index (χ4v) is 3.12. The molecule has 0 aromatic rings. The first-order chi connectivity index (χ1) is 6.61. The molecule has 1 aliphatic heterocycles. The minimum Gasteiger partial charge on any atom is -0.364 e. The van der Waals surface area contributed by atoms with E-state index in [0.717, 1.165) is 6.42 Å². The van der Waals surface area contributed by atoms with Crippen LogP contribution in [0.25, 0.3) is 10.4 Å². The number of hydrogen-bond acceptors (Lipinski definition) is 2. The zero-order valence-electron chi connectivity index (χ0n) is 8.72. The van der Waals surface area contributed by atoms with Crippen LogP contribution in [0.3, 0.4) is 0 Å². The molecule has 5 heteroatoms. The lowest BCUT2D eigenvalue weighted by Crippen LogP contribution is -2.45. The van der Waals surface area contributed by atoms with Crippen molar-refractivity contribution in [3.05, 3.63) is 10.4 Å². The lowest BCUT2D eigenvalue weighted by atomic mass is 9.82. The predicted molar refractivity (Wildman–Crippen MR) is 64.2 cm³/mol. The summed E-state index contributed by atoms with van der Waals surface area (Å²) in [5.74, 6) is 0.855. The zero-order chi connectivity index (χ0) is 10.7. The quantitative estimate of drug-likeness (QED) is 0.253. The number of ether oxygens (including phenoxy) is 1. The van der Waals surface area contributed by atoms with Crippen LogP contribution in [0.1, 0.15) is 27.2 Å². The SMILES string of the molecule is CCC1O[C@H](I)C(N=[N+]=[N-])[C@@H](C)[C@@H]1C. The van der Waals surface area contributed by atoms with Gasteiger partial charge in [0, 0.05) is 4.91 Å². The molecule has 0 radical (unpaired) electrons. The van der Waals surface area contributed by atoms with E-state index in [1.54, 1.807) is 0 Å². The van der Waals surface area contributed by atoms with Crippen molar-refractivity contribution >= 4 is 22.6 Å². The molecular weight excluding hydrogens is 293 g/mol. The third-order valence-corrected chi connectivity index (χ3v) is 4.15. The van der Waals surface area contributed by atoms with Crippen LogP contribution >= 0.6 is 22.6 Å². The second-order valence-electron chi connectivity index (χ2n) is 3.85. The standard InChI is InChI=1S/C9H16IN3O/c1-4-7-5(2)6(3)8(12-13-11)9(10)14-7/h5-9H,4H2,1-3H3/t5-,6-,7?,8?,9-/m0/s1. The minimum absolute atomic E-state index is 0.0136. The summed E-state index contributed by atoms with van der Waals surface area (Å²) < 4.78 is 5.82. The molecule has 0 N–H and O–H groups in total. The summed E-state index contributed by atoms with van der Waals surface area (Å²) >= 11 is 2.22. The van der Waals surface area contributed by atoms with Crippen molar-refractivity contribution < 1.29 is 4.74 Å². The number of nitrogens with zero attached hydrogens (tertiary/aromatic N) is 3. The molecule has 1 heterocycles. The highest BCUT2D eigenvalue weighted by Crippen LogP contribution is 2.36. The Kier molecular flexibility index (Phi) is 4.47. The van der Waals surface area contributed by atoms with Crippen LogP contribution in [-0.2, 0) is 4.74 Å². The second-order valence-corrected chi connectivity index (χ2v) is 5.08. The summed E-state index contributed by atoms with van der Waals surface area (Å²) in [6, 6.07) is -0.0293. The van der Waals surface area contributed by atoms with E-state index in [9.17, 15) is 0 Å². The molecule has 4 nitrogen and oxygen atoms in total. The van der Waals surface area contributed by atoms with Gasteiger partial charge in [-0.3, -0.25) is 0 Å². The second kappa shape index (κ2) is 5.19. The molecular formula is C9H16IN3O.